The van der Waals surface area contributed by atoms with Crippen LogP contribution in [0.5, 0.6) is 0 Å². The van der Waals surface area contributed by atoms with Crippen LogP contribution in [0, 0.1) is 0 Å². The molecular weight excluding hydrogens is 220 g/mol. The lowest BCUT2D eigenvalue weighted by Gasteiger charge is -2.07. The Bertz CT molecular complexity index is 507. The molecule has 0 saturated carbocycles. The second-order valence-electron chi connectivity index (χ2n) is 3.76. The number of hydrogen-bond donors (Lipinski definition) is 1. The summed E-state index contributed by atoms with van der Waals surface area (Å²) in [5, 5.41) is 6.00. The minimum absolute atomic E-state index is 0.750. The molecule has 0 spiro atoms. The Labute approximate surface area is 97.8 Å². The molecule has 16 heavy (non-hydrogen) atoms. The summed E-state index contributed by atoms with van der Waals surface area (Å²) in [6.07, 6.45) is 5.12. The molecule has 82 valence electrons. The van der Waals surface area contributed by atoms with E-state index < -0.39 is 0 Å². The van der Waals surface area contributed by atoms with E-state index in [0.29, 0.717) is 0 Å². The lowest BCUT2D eigenvalue weighted by Crippen LogP contribution is -2.03. The van der Waals surface area contributed by atoms with Crippen molar-refractivity contribution in [3.8, 4) is 10.8 Å². The molecule has 1 N–H and O–H groups in total. The molecule has 5 heteroatoms. The molecule has 0 aliphatic heterocycles. The van der Waals surface area contributed by atoms with Crippen LogP contribution in [0.3, 0.4) is 0 Å². The Morgan fingerprint density at radius 3 is 3.00 bits per heavy atom. The number of anilines is 1. The molecule has 0 amide bonds. The van der Waals surface area contributed by atoms with E-state index in [1.807, 2.05) is 12.4 Å². The highest BCUT2D eigenvalue weighted by Gasteiger charge is 2.19. The number of aromatic nitrogens is 3. The fourth-order valence-corrected chi connectivity index (χ4v) is 2.64. The summed E-state index contributed by atoms with van der Waals surface area (Å²) in [7, 11) is 1.91. The van der Waals surface area contributed by atoms with Gasteiger partial charge in [-0.05, 0) is 19.3 Å². The summed E-state index contributed by atoms with van der Waals surface area (Å²) in [5.74, 6) is 1.72. The smallest absolute Gasteiger partial charge is 0.190 e. The Kier molecular flexibility index (Phi) is 2.32. The first-order valence-corrected chi connectivity index (χ1v) is 6.24. The van der Waals surface area contributed by atoms with Gasteiger partial charge in [-0.25, -0.2) is 15.0 Å². The van der Waals surface area contributed by atoms with Gasteiger partial charge in [0.25, 0.3) is 0 Å². The van der Waals surface area contributed by atoms with Crippen molar-refractivity contribution in [2.24, 2.45) is 0 Å². The van der Waals surface area contributed by atoms with Gasteiger partial charge < -0.3 is 5.32 Å². The molecule has 1 aliphatic rings. The van der Waals surface area contributed by atoms with E-state index in [0.717, 1.165) is 29.5 Å². The maximum Gasteiger partial charge on any atom is 0.190 e. The highest BCUT2D eigenvalue weighted by molar-refractivity contribution is 7.13. The Morgan fingerprint density at radius 2 is 2.25 bits per heavy atom. The Morgan fingerprint density at radius 1 is 1.31 bits per heavy atom. The third-order valence-corrected chi connectivity index (χ3v) is 3.56. The summed E-state index contributed by atoms with van der Waals surface area (Å²) in [4.78, 5) is 13.4. The third-order valence-electron chi connectivity index (χ3n) is 2.79. The number of thiazole rings is 1. The van der Waals surface area contributed by atoms with Crippen molar-refractivity contribution in [1.82, 2.24) is 15.0 Å². The average molecular weight is 232 g/mol. The summed E-state index contributed by atoms with van der Waals surface area (Å²) in [6.45, 7) is 0. The fraction of sp³-hybridized carbons (Fsp3) is 0.364. The van der Waals surface area contributed by atoms with E-state index in [2.05, 4.69) is 20.3 Å². The van der Waals surface area contributed by atoms with Crippen LogP contribution in [-0.4, -0.2) is 22.0 Å². The summed E-state index contributed by atoms with van der Waals surface area (Å²) in [6, 6.07) is 0. The van der Waals surface area contributed by atoms with Gasteiger partial charge in [0.05, 0.1) is 0 Å². The van der Waals surface area contributed by atoms with Gasteiger partial charge in [0, 0.05) is 29.9 Å². The third kappa shape index (κ3) is 1.48. The van der Waals surface area contributed by atoms with Crippen LogP contribution in [0.1, 0.15) is 17.7 Å². The molecule has 0 unspecified atom stereocenters. The SMILES string of the molecule is CNc1nc(-c2nccs2)nc2c1CCC2. The first-order valence-electron chi connectivity index (χ1n) is 5.36. The lowest BCUT2D eigenvalue weighted by atomic mass is 10.2. The Balaban J connectivity index is 2.15. The first kappa shape index (κ1) is 9.72. The molecule has 2 aromatic rings. The van der Waals surface area contributed by atoms with Crippen LogP contribution < -0.4 is 5.32 Å². The van der Waals surface area contributed by atoms with Crippen LogP contribution >= 0.6 is 11.3 Å². The monoisotopic (exact) mass is 232 g/mol. The van der Waals surface area contributed by atoms with Gasteiger partial charge in [-0.3, -0.25) is 0 Å². The van der Waals surface area contributed by atoms with Gasteiger partial charge in [0.2, 0.25) is 0 Å². The van der Waals surface area contributed by atoms with E-state index in [-0.39, 0.29) is 0 Å². The van der Waals surface area contributed by atoms with E-state index in [1.165, 1.54) is 17.7 Å². The molecular formula is C11H12N4S. The average Bonchev–Trinajstić information content (AvgIpc) is 2.97. The van der Waals surface area contributed by atoms with Gasteiger partial charge in [-0.15, -0.1) is 11.3 Å². The maximum atomic E-state index is 4.60. The van der Waals surface area contributed by atoms with Crippen molar-refractivity contribution in [3.05, 3.63) is 22.8 Å². The molecule has 0 radical (unpaired) electrons. The van der Waals surface area contributed by atoms with Crippen molar-refractivity contribution in [3.63, 3.8) is 0 Å². The molecule has 3 rings (SSSR count). The minimum Gasteiger partial charge on any atom is -0.373 e. The number of aryl methyl sites for hydroxylation is 1. The quantitative estimate of drug-likeness (QED) is 0.861. The number of nitrogens with zero attached hydrogens (tertiary/aromatic N) is 3. The topological polar surface area (TPSA) is 50.7 Å². The van der Waals surface area contributed by atoms with Gasteiger partial charge in [0.1, 0.15) is 5.82 Å². The molecule has 0 atom stereocenters. The lowest BCUT2D eigenvalue weighted by molar-refractivity contribution is 0.900. The predicted molar refractivity (Wildman–Crippen MR) is 64.7 cm³/mol. The van der Waals surface area contributed by atoms with Crippen LogP contribution in [-0.2, 0) is 12.8 Å². The van der Waals surface area contributed by atoms with Crippen molar-refractivity contribution in [1.29, 1.82) is 0 Å². The van der Waals surface area contributed by atoms with Gasteiger partial charge in [-0.1, -0.05) is 0 Å². The molecule has 0 bridgehead atoms. The van der Waals surface area contributed by atoms with Crippen molar-refractivity contribution in [2.45, 2.75) is 19.3 Å². The van der Waals surface area contributed by atoms with Crippen molar-refractivity contribution >= 4 is 17.2 Å². The highest BCUT2D eigenvalue weighted by atomic mass is 32.1. The Hall–Kier alpha value is -1.49. The number of rotatable bonds is 2. The van der Waals surface area contributed by atoms with E-state index in [4.69, 9.17) is 0 Å². The second kappa shape index (κ2) is 3.83. The number of fused-ring (bicyclic) bond motifs is 1. The molecule has 2 aromatic heterocycles. The summed E-state index contributed by atoms with van der Waals surface area (Å²) < 4.78 is 0. The fourth-order valence-electron chi connectivity index (χ4n) is 2.07. The molecule has 4 nitrogen and oxygen atoms in total. The molecule has 0 fully saturated rings. The van der Waals surface area contributed by atoms with Gasteiger partial charge in [0.15, 0.2) is 10.8 Å². The van der Waals surface area contributed by atoms with E-state index in [1.54, 1.807) is 17.5 Å². The summed E-state index contributed by atoms with van der Waals surface area (Å²) in [5.41, 5.74) is 2.47. The van der Waals surface area contributed by atoms with Gasteiger partial charge >= 0.3 is 0 Å². The van der Waals surface area contributed by atoms with Crippen LogP contribution in [0.2, 0.25) is 0 Å². The van der Waals surface area contributed by atoms with Crippen molar-refractivity contribution in [2.75, 3.05) is 12.4 Å². The van der Waals surface area contributed by atoms with Gasteiger partial charge in [-0.2, -0.15) is 0 Å². The maximum absolute atomic E-state index is 4.60. The first-order chi connectivity index (χ1) is 7.88. The predicted octanol–water partition coefficient (Wildman–Crippen LogP) is 2.13. The minimum atomic E-state index is 0.750. The van der Waals surface area contributed by atoms with E-state index in [9.17, 15) is 0 Å². The zero-order chi connectivity index (χ0) is 11.0. The number of nitrogens with one attached hydrogen (secondary N) is 1. The molecule has 1 aliphatic carbocycles. The molecule has 2 heterocycles. The van der Waals surface area contributed by atoms with Crippen LogP contribution in [0.15, 0.2) is 11.6 Å². The zero-order valence-electron chi connectivity index (χ0n) is 9.03. The van der Waals surface area contributed by atoms with Crippen molar-refractivity contribution < 1.29 is 0 Å². The summed E-state index contributed by atoms with van der Waals surface area (Å²) >= 11 is 1.58. The van der Waals surface area contributed by atoms with Crippen LogP contribution in [0.4, 0.5) is 5.82 Å². The number of hydrogen-bond acceptors (Lipinski definition) is 5. The van der Waals surface area contributed by atoms with Crippen LogP contribution in [0.25, 0.3) is 10.8 Å². The largest absolute Gasteiger partial charge is 0.373 e. The standard InChI is InChI=1S/C11H12N4S/c1-12-9-7-3-2-4-8(7)14-10(15-9)11-13-5-6-16-11/h5-6H,2-4H2,1H3,(H,12,14,15). The zero-order valence-corrected chi connectivity index (χ0v) is 9.84. The normalized spacial score (nSPS) is 13.8. The molecule has 0 aromatic carbocycles. The second-order valence-corrected chi connectivity index (χ2v) is 4.66. The molecule has 0 saturated heterocycles. The highest BCUT2D eigenvalue weighted by Crippen LogP contribution is 2.29. The van der Waals surface area contributed by atoms with E-state index >= 15 is 0 Å².